The maximum Gasteiger partial charge on any atom is 0.307 e. The Hall–Kier alpha value is -1.84. The summed E-state index contributed by atoms with van der Waals surface area (Å²) in [5, 5.41) is 9.30. The predicted octanol–water partition coefficient (Wildman–Crippen LogP) is 4.60. The molecule has 2 atom stereocenters. The molecule has 2 fully saturated rings. The second-order valence-electron chi connectivity index (χ2n) is 7.87. The van der Waals surface area contributed by atoms with Gasteiger partial charge in [0.2, 0.25) is 0 Å². The number of carboxylic acids is 1. The van der Waals surface area contributed by atoms with Gasteiger partial charge in [0.25, 0.3) is 0 Å². The smallest absolute Gasteiger partial charge is 0.307 e. The third-order valence-corrected chi connectivity index (χ3v) is 6.33. The number of piperidine rings is 1. The molecular weight excluding hydrogens is 358 g/mol. The Bertz CT molecular complexity index is 710. The number of likely N-dealkylation sites (tertiary alicyclic amines) is 1. The molecule has 144 valence electrons. The molecule has 4 rings (SSSR count). The van der Waals surface area contributed by atoms with Crippen molar-refractivity contribution in [3.05, 3.63) is 71.8 Å². The number of hydrogen-bond acceptors (Lipinski definition) is 2. The van der Waals surface area contributed by atoms with Gasteiger partial charge in [0.05, 0.1) is 5.92 Å². The molecule has 27 heavy (non-hydrogen) atoms. The van der Waals surface area contributed by atoms with Gasteiger partial charge in [-0.2, -0.15) is 0 Å². The number of carbonyl (C=O) groups is 1. The lowest BCUT2D eigenvalue weighted by molar-refractivity contribution is -0.143. The van der Waals surface area contributed by atoms with Crippen molar-refractivity contribution in [1.82, 2.24) is 4.90 Å². The van der Waals surface area contributed by atoms with Crippen LogP contribution in [0.5, 0.6) is 0 Å². The van der Waals surface area contributed by atoms with Gasteiger partial charge in [-0.3, -0.25) is 4.79 Å². The molecule has 1 heterocycles. The number of rotatable bonds is 6. The number of benzene rings is 2. The molecule has 0 bridgehead atoms. The van der Waals surface area contributed by atoms with Crippen LogP contribution in [0.2, 0.25) is 0 Å². The first kappa shape index (κ1) is 19.9. The summed E-state index contributed by atoms with van der Waals surface area (Å²) in [5.41, 5.74) is 2.97. The molecule has 2 aliphatic rings. The summed E-state index contributed by atoms with van der Waals surface area (Å²) in [4.78, 5) is 13.7. The van der Waals surface area contributed by atoms with Crippen LogP contribution >= 0.6 is 12.4 Å². The minimum Gasteiger partial charge on any atom is -0.481 e. The molecule has 2 aromatic carbocycles. The van der Waals surface area contributed by atoms with Crippen LogP contribution in [0.15, 0.2) is 60.7 Å². The highest BCUT2D eigenvalue weighted by atomic mass is 35.5. The van der Waals surface area contributed by atoms with Crippen LogP contribution in [-0.4, -0.2) is 35.6 Å². The molecule has 0 amide bonds. The standard InChI is InChI=1S/C23H27NO2.ClH/c25-22(26)18-8-7-14-24(17-18)15-13-21-16-23(21,19-9-3-1-4-10-19)20-11-5-2-6-12-20;/h1-6,9-12,18,21H,7-8,13-17H2,(H,25,26);1H. The lowest BCUT2D eigenvalue weighted by Gasteiger charge is -2.31. The first-order valence-electron chi connectivity index (χ1n) is 9.76. The summed E-state index contributed by atoms with van der Waals surface area (Å²) in [5.74, 6) is -0.183. The summed E-state index contributed by atoms with van der Waals surface area (Å²) < 4.78 is 0. The average molecular weight is 386 g/mol. The van der Waals surface area contributed by atoms with Crippen LogP contribution < -0.4 is 0 Å². The Kier molecular flexibility index (Phi) is 6.23. The van der Waals surface area contributed by atoms with Gasteiger partial charge in [-0.05, 0) is 55.8 Å². The van der Waals surface area contributed by atoms with Crippen molar-refractivity contribution in [3.8, 4) is 0 Å². The summed E-state index contributed by atoms with van der Waals surface area (Å²) in [7, 11) is 0. The van der Waals surface area contributed by atoms with Crippen molar-refractivity contribution in [3.63, 3.8) is 0 Å². The van der Waals surface area contributed by atoms with Gasteiger partial charge < -0.3 is 10.0 Å². The average Bonchev–Trinajstić information content (AvgIpc) is 3.44. The molecule has 0 spiro atoms. The Balaban J connectivity index is 0.00000210. The third-order valence-electron chi connectivity index (χ3n) is 6.33. The fraction of sp³-hybridized carbons (Fsp3) is 0.435. The Labute approximate surface area is 167 Å². The van der Waals surface area contributed by atoms with Crippen molar-refractivity contribution in [1.29, 1.82) is 0 Å². The lowest BCUT2D eigenvalue weighted by atomic mass is 9.85. The van der Waals surface area contributed by atoms with Crippen LogP contribution in [0, 0.1) is 11.8 Å². The molecule has 1 N–H and O–H groups in total. The van der Waals surface area contributed by atoms with E-state index in [0.29, 0.717) is 12.5 Å². The van der Waals surface area contributed by atoms with Gasteiger partial charge >= 0.3 is 5.97 Å². The predicted molar refractivity (Wildman–Crippen MR) is 110 cm³/mol. The van der Waals surface area contributed by atoms with Crippen molar-refractivity contribution in [2.75, 3.05) is 19.6 Å². The largest absolute Gasteiger partial charge is 0.481 e. The van der Waals surface area contributed by atoms with Crippen molar-refractivity contribution >= 4 is 18.4 Å². The van der Waals surface area contributed by atoms with Gasteiger partial charge in [0.1, 0.15) is 0 Å². The fourth-order valence-corrected chi connectivity index (χ4v) is 4.82. The quantitative estimate of drug-likeness (QED) is 0.789. The molecule has 4 heteroatoms. The van der Waals surface area contributed by atoms with E-state index in [1.54, 1.807) is 0 Å². The van der Waals surface area contributed by atoms with Crippen LogP contribution in [0.1, 0.15) is 36.8 Å². The monoisotopic (exact) mass is 385 g/mol. The first-order valence-corrected chi connectivity index (χ1v) is 9.76. The van der Waals surface area contributed by atoms with Gasteiger partial charge in [-0.25, -0.2) is 0 Å². The molecule has 3 nitrogen and oxygen atoms in total. The van der Waals surface area contributed by atoms with E-state index in [0.717, 1.165) is 32.4 Å². The number of halogens is 1. The molecule has 1 saturated carbocycles. The van der Waals surface area contributed by atoms with Gasteiger partial charge in [-0.15, -0.1) is 12.4 Å². The molecule has 1 saturated heterocycles. The summed E-state index contributed by atoms with van der Waals surface area (Å²) in [6, 6.07) is 21.7. The molecule has 0 aromatic heterocycles. The molecule has 2 aromatic rings. The van der Waals surface area contributed by atoms with Crippen molar-refractivity contribution in [2.24, 2.45) is 11.8 Å². The van der Waals surface area contributed by atoms with Gasteiger partial charge in [0.15, 0.2) is 0 Å². The third kappa shape index (κ3) is 4.04. The number of aliphatic carboxylic acids is 1. The summed E-state index contributed by atoms with van der Waals surface area (Å²) >= 11 is 0. The van der Waals surface area contributed by atoms with E-state index in [1.165, 1.54) is 17.5 Å². The molecular formula is C23H28ClNO2. The van der Waals surface area contributed by atoms with Crippen LogP contribution in [-0.2, 0) is 10.2 Å². The van der Waals surface area contributed by atoms with E-state index >= 15 is 0 Å². The Morgan fingerprint density at radius 1 is 1.04 bits per heavy atom. The highest BCUT2D eigenvalue weighted by molar-refractivity contribution is 5.85. The number of carboxylic acid groups (broad SMARTS) is 1. The Morgan fingerprint density at radius 2 is 1.63 bits per heavy atom. The van der Waals surface area contributed by atoms with Crippen molar-refractivity contribution < 1.29 is 9.90 Å². The van der Waals surface area contributed by atoms with E-state index < -0.39 is 5.97 Å². The molecule has 1 aliphatic carbocycles. The minimum atomic E-state index is -0.635. The van der Waals surface area contributed by atoms with Crippen LogP contribution in [0.3, 0.4) is 0 Å². The SMILES string of the molecule is Cl.O=C(O)C1CCCN(CCC2CC2(c2ccccc2)c2ccccc2)C1. The maximum absolute atomic E-state index is 11.3. The molecule has 2 unspecified atom stereocenters. The fourth-order valence-electron chi connectivity index (χ4n) is 4.82. The zero-order chi connectivity index (χ0) is 18.0. The maximum atomic E-state index is 11.3. The minimum absolute atomic E-state index is 0. The van der Waals surface area contributed by atoms with Gasteiger partial charge in [-0.1, -0.05) is 60.7 Å². The Morgan fingerprint density at radius 3 is 2.19 bits per heavy atom. The highest BCUT2D eigenvalue weighted by Gasteiger charge is 2.55. The van der Waals surface area contributed by atoms with Crippen LogP contribution in [0.25, 0.3) is 0 Å². The molecule has 0 radical (unpaired) electrons. The zero-order valence-corrected chi connectivity index (χ0v) is 16.4. The van der Waals surface area contributed by atoms with E-state index in [-0.39, 0.29) is 23.7 Å². The summed E-state index contributed by atoms with van der Waals surface area (Å²) in [6.45, 7) is 2.77. The lowest BCUT2D eigenvalue weighted by Crippen LogP contribution is -2.39. The van der Waals surface area contributed by atoms with E-state index in [4.69, 9.17) is 0 Å². The number of nitrogens with zero attached hydrogens (tertiary/aromatic N) is 1. The first-order chi connectivity index (χ1) is 12.7. The van der Waals surface area contributed by atoms with E-state index in [2.05, 4.69) is 65.6 Å². The highest BCUT2D eigenvalue weighted by Crippen LogP contribution is 2.60. The van der Waals surface area contributed by atoms with Crippen molar-refractivity contribution in [2.45, 2.75) is 31.1 Å². The second-order valence-corrected chi connectivity index (χ2v) is 7.87. The van der Waals surface area contributed by atoms with E-state index in [1.807, 2.05) is 0 Å². The summed E-state index contributed by atoms with van der Waals surface area (Å²) in [6.07, 6.45) is 4.16. The topological polar surface area (TPSA) is 40.5 Å². The second kappa shape index (κ2) is 8.45. The zero-order valence-electron chi connectivity index (χ0n) is 15.6. The number of hydrogen-bond donors (Lipinski definition) is 1. The van der Waals surface area contributed by atoms with Crippen LogP contribution in [0.4, 0.5) is 0 Å². The molecule has 1 aliphatic heterocycles. The van der Waals surface area contributed by atoms with E-state index in [9.17, 15) is 9.90 Å². The van der Waals surface area contributed by atoms with Gasteiger partial charge in [0, 0.05) is 12.0 Å². The normalized spacial score (nSPS) is 24.0.